The lowest BCUT2D eigenvalue weighted by molar-refractivity contribution is 0.102. The van der Waals surface area contributed by atoms with Gasteiger partial charge < -0.3 is 10.1 Å². The van der Waals surface area contributed by atoms with Gasteiger partial charge in [0.2, 0.25) is 0 Å². The quantitative estimate of drug-likeness (QED) is 0.671. The minimum absolute atomic E-state index is 0.145. The van der Waals surface area contributed by atoms with E-state index in [0.29, 0.717) is 12.2 Å². The second kappa shape index (κ2) is 7.72. The fraction of sp³-hybridized carbons (Fsp3) is 0.273. The van der Waals surface area contributed by atoms with Crippen LogP contribution in [0.15, 0.2) is 42.5 Å². The molecular formula is C22H23N3O2S. The van der Waals surface area contributed by atoms with Crippen LogP contribution in [0.25, 0.3) is 5.69 Å². The van der Waals surface area contributed by atoms with Crippen LogP contribution >= 0.6 is 11.8 Å². The van der Waals surface area contributed by atoms with Crippen LogP contribution in [0.3, 0.4) is 0 Å². The van der Waals surface area contributed by atoms with E-state index in [4.69, 9.17) is 9.84 Å². The van der Waals surface area contributed by atoms with E-state index in [2.05, 4.69) is 37.4 Å². The molecule has 144 valence electrons. The number of thioether (sulfide) groups is 1. The van der Waals surface area contributed by atoms with Gasteiger partial charge in [0, 0.05) is 22.6 Å². The topological polar surface area (TPSA) is 56.1 Å². The number of carbonyl (C=O) groups is 1. The van der Waals surface area contributed by atoms with E-state index in [0.717, 1.165) is 45.6 Å². The third-order valence-corrected chi connectivity index (χ3v) is 5.76. The number of ether oxygens (including phenoxy) is 1. The molecule has 2 aromatic carbocycles. The molecule has 0 atom stereocenters. The number of nitrogens with one attached hydrogen (secondary N) is 1. The van der Waals surface area contributed by atoms with Gasteiger partial charge in [-0.3, -0.25) is 4.79 Å². The third kappa shape index (κ3) is 3.52. The molecule has 5 nitrogen and oxygen atoms in total. The van der Waals surface area contributed by atoms with Crippen molar-refractivity contribution in [1.82, 2.24) is 9.78 Å². The molecule has 2 heterocycles. The number of fused-ring (bicyclic) bond motifs is 1. The first kappa shape index (κ1) is 18.6. The van der Waals surface area contributed by atoms with E-state index in [-0.39, 0.29) is 5.91 Å². The summed E-state index contributed by atoms with van der Waals surface area (Å²) >= 11 is 1.82. The molecule has 0 saturated heterocycles. The van der Waals surface area contributed by atoms with Gasteiger partial charge in [-0.05, 0) is 56.7 Å². The Morgan fingerprint density at radius 3 is 2.68 bits per heavy atom. The number of nitrogens with zero attached hydrogens (tertiary/aromatic N) is 2. The Morgan fingerprint density at radius 2 is 1.96 bits per heavy atom. The number of hydrogen-bond donors (Lipinski definition) is 1. The maximum Gasteiger partial charge on any atom is 0.256 e. The normalized spacial score (nSPS) is 12.7. The molecule has 0 fully saturated rings. The van der Waals surface area contributed by atoms with Crippen LogP contribution < -0.4 is 10.1 Å². The Hall–Kier alpha value is -2.73. The smallest absolute Gasteiger partial charge is 0.256 e. The Morgan fingerprint density at radius 1 is 1.18 bits per heavy atom. The first-order valence-electron chi connectivity index (χ1n) is 9.37. The first-order valence-corrected chi connectivity index (χ1v) is 10.5. The van der Waals surface area contributed by atoms with E-state index in [1.807, 2.05) is 35.5 Å². The van der Waals surface area contributed by atoms with Crippen LogP contribution in [0.5, 0.6) is 5.75 Å². The van der Waals surface area contributed by atoms with E-state index in [1.165, 1.54) is 5.56 Å². The number of hydrogen-bond acceptors (Lipinski definition) is 4. The number of carbonyl (C=O) groups excluding carboxylic acids is 1. The van der Waals surface area contributed by atoms with Crippen molar-refractivity contribution in [3.05, 3.63) is 70.4 Å². The Labute approximate surface area is 169 Å². The van der Waals surface area contributed by atoms with Gasteiger partial charge in [0.25, 0.3) is 5.91 Å². The van der Waals surface area contributed by atoms with E-state index < -0.39 is 0 Å². The second-order valence-corrected chi connectivity index (χ2v) is 7.87. The Bertz CT molecular complexity index is 1030. The van der Waals surface area contributed by atoms with Crippen LogP contribution in [-0.4, -0.2) is 22.3 Å². The predicted octanol–water partition coefficient (Wildman–Crippen LogP) is 4.89. The van der Waals surface area contributed by atoms with E-state index in [9.17, 15) is 4.79 Å². The van der Waals surface area contributed by atoms with Crippen molar-refractivity contribution in [3.63, 3.8) is 0 Å². The standard InChI is InChI=1S/C22H23N3O2S/c1-4-27-17-8-6-16(7-9-17)22(26)23-21-18-12-28-13-19(18)24-25(21)20-10-5-14(2)11-15(20)3/h5-11H,4,12-13H2,1-3H3,(H,23,26). The van der Waals surface area contributed by atoms with Crippen molar-refractivity contribution in [2.45, 2.75) is 32.3 Å². The summed E-state index contributed by atoms with van der Waals surface area (Å²) in [5.74, 6) is 3.12. The minimum atomic E-state index is -0.145. The molecule has 6 heteroatoms. The largest absolute Gasteiger partial charge is 0.494 e. The summed E-state index contributed by atoms with van der Waals surface area (Å²) in [6, 6.07) is 13.5. The van der Waals surface area contributed by atoms with Gasteiger partial charge in [0.05, 0.1) is 18.0 Å². The van der Waals surface area contributed by atoms with Crippen LogP contribution in [0, 0.1) is 13.8 Å². The number of anilines is 1. The van der Waals surface area contributed by atoms with Crippen molar-refractivity contribution in [3.8, 4) is 11.4 Å². The zero-order chi connectivity index (χ0) is 19.7. The van der Waals surface area contributed by atoms with Crippen molar-refractivity contribution in [2.75, 3.05) is 11.9 Å². The summed E-state index contributed by atoms with van der Waals surface area (Å²) in [6.07, 6.45) is 0. The molecule has 28 heavy (non-hydrogen) atoms. The van der Waals surface area contributed by atoms with Gasteiger partial charge in [-0.15, -0.1) is 0 Å². The van der Waals surface area contributed by atoms with Crippen LogP contribution in [0.4, 0.5) is 5.82 Å². The van der Waals surface area contributed by atoms with Crippen molar-refractivity contribution < 1.29 is 9.53 Å². The van der Waals surface area contributed by atoms with Gasteiger partial charge in [-0.1, -0.05) is 17.7 Å². The molecule has 3 aromatic rings. The number of benzene rings is 2. The molecule has 0 aliphatic carbocycles. The molecule has 1 amide bonds. The molecule has 1 N–H and O–H groups in total. The maximum absolute atomic E-state index is 12.9. The predicted molar refractivity (Wildman–Crippen MR) is 114 cm³/mol. The molecular weight excluding hydrogens is 370 g/mol. The molecule has 0 spiro atoms. The molecule has 0 saturated carbocycles. The number of aryl methyl sites for hydroxylation is 2. The molecule has 0 unspecified atom stereocenters. The van der Waals surface area contributed by atoms with Crippen molar-refractivity contribution >= 4 is 23.5 Å². The highest BCUT2D eigenvalue weighted by Gasteiger charge is 2.25. The maximum atomic E-state index is 12.9. The van der Waals surface area contributed by atoms with Crippen LogP contribution in [0.1, 0.15) is 39.7 Å². The first-order chi connectivity index (χ1) is 13.6. The highest BCUT2D eigenvalue weighted by molar-refractivity contribution is 7.98. The van der Waals surface area contributed by atoms with Crippen LogP contribution in [-0.2, 0) is 11.5 Å². The molecule has 0 bridgehead atoms. The van der Waals surface area contributed by atoms with Gasteiger partial charge in [0.15, 0.2) is 0 Å². The average Bonchev–Trinajstić information content (AvgIpc) is 3.25. The SMILES string of the molecule is CCOc1ccc(C(=O)Nc2c3c(nn2-c2ccc(C)cc2C)CSC3)cc1. The zero-order valence-electron chi connectivity index (χ0n) is 16.3. The minimum Gasteiger partial charge on any atom is -0.494 e. The summed E-state index contributed by atoms with van der Waals surface area (Å²) in [5.41, 5.74) is 6.08. The molecule has 1 aliphatic heterocycles. The summed E-state index contributed by atoms with van der Waals surface area (Å²) in [4.78, 5) is 12.9. The van der Waals surface area contributed by atoms with Gasteiger partial charge in [-0.2, -0.15) is 16.9 Å². The summed E-state index contributed by atoms with van der Waals surface area (Å²) in [5, 5.41) is 7.90. The molecule has 0 radical (unpaired) electrons. The van der Waals surface area contributed by atoms with E-state index >= 15 is 0 Å². The van der Waals surface area contributed by atoms with Gasteiger partial charge in [0.1, 0.15) is 11.6 Å². The monoisotopic (exact) mass is 393 g/mol. The Balaban J connectivity index is 1.68. The summed E-state index contributed by atoms with van der Waals surface area (Å²) in [7, 11) is 0. The van der Waals surface area contributed by atoms with Crippen molar-refractivity contribution in [2.24, 2.45) is 0 Å². The zero-order valence-corrected chi connectivity index (χ0v) is 17.1. The van der Waals surface area contributed by atoms with Gasteiger partial charge in [-0.25, -0.2) is 4.68 Å². The van der Waals surface area contributed by atoms with Crippen LogP contribution in [0.2, 0.25) is 0 Å². The van der Waals surface area contributed by atoms with Crippen molar-refractivity contribution in [1.29, 1.82) is 0 Å². The fourth-order valence-electron chi connectivity index (χ4n) is 3.41. The fourth-order valence-corrected chi connectivity index (χ4v) is 4.44. The molecule has 1 aliphatic rings. The number of amides is 1. The van der Waals surface area contributed by atoms with E-state index in [1.54, 1.807) is 12.1 Å². The number of aromatic nitrogens is 2. The lowest BCUT2D eigenvalue weighted by atomic mass is 10.1. The Kier molecular flexibility index (Phi) is 5.13. The lowest BCUT2D eigenvalue weighted by Crippen LogP contribution is -2.16. The average molecular weight is 394 g/mol. The highest BCUT2D eigenvalue weighted by atomic mass is 32.2. The second-order valence-electron chi connectivity index (χ2n) is 6.88. The molecule has 1 aromatic heterocycles. The molecule has 4 rings (SSSR count). The number of rotatable bonds is 5. The van der Waals surface area contributed by atoms with Gasteiger partial charge >= 0.3 is 0 Å². The summed E-state index contributed by atoms with van der Waals surface area (Å²) < 4.78 is 7.34. The lowest BCUT2D eigenvalue weighted by Gasteiger charge is -2.13. The summed E-state index contributed by atoms with van der Waals surface area (Å²) in [6.45, 7) is 6.69. The highest BCUT2D eigenvalue weighted by Crippen LogP contribution is 2.36. The third-order valence-electron chi connectivity index (χ3n) is 4.79.